The number of amides is 2. The van der Waals surface area contributed by atoms with E-state index in [4.69, 9.17) is 4.52 Å². The Balaban J connectivity index is 1.55. The van der Waals surface area contributed by atoms with Gasteiger partial charge in [0.15, 0.2) is 5.82 Å². The third-order valence-electron chi connectivity index (χ3n) is 5.42. The average Bonchev–Trinajstić information content (AvgIpc) is 3.36. The molecule has 2 aromatic rings. The molecule has 1 atom stereocenters. The summed E-state index contributed by atoms with van der Waals surface area (Å²) in [5.74, 6) is 1.73. The van der Waals surface area contributed by atoms with E-state index in [9.17, 15) is 9.59 Å². The first-order valence-electron chi connectivity index (χ1n) is 10.6. The molecule has 0 aromatic carbocycles. The molecule has 1 saturated heterocycles. The predicted octanol–water partition coefficient (Wildman–Crippen LogP) is 1.77. The van der Waals surface area contributed by atoms with Crippen molar-refractivity contribution in [1.82, 2.24) is 29.7 Å². The molecule has 3 rings (SSSR count). The van der Waals surface area contributed by atoms with Crippen molar-refractivity contribution in [1.29, 1.82) is 0 Å². The minimum absolute atomic E-state index is 0.00116. The van der Waals surface area contributed by atoms with Crippen molar-refractivity contribution in [2.24, 2.45) is 5.92 Å². The molecular formula is C21H32N6O3. The maximum absolute atomic E-state index is 12.7. The number of nitrogens with zero attached hydrogens (tertiary/aromatic N) is 6. The van der Waals surface area contributed by atoms with Crippen LogP contribution < -0.4 is 0 Å². The lowest BCUT2D eigenvalue weighted by atomic mass is 10.1. The molecule has 2 aromatic heterocycles. The summed E-state index contributed by atoms with van der Waals surface area (Å²) in [5, 5.41) is 8.40. The Kier molecular flexibility index (Phi) is 6.89. The van der Waals surface area contributed by atoms with Gasteiger partial charge in [-0.05, 0) is 32.3 Å². The molecule has 2 amide bonds. The fourth-order valence-electron chi connectivity index (χ4n) is 3.93. The minimum atomic E-state index is -0.00116. The second-order valence-corrected chi connectivity index (χ2v) is 8.53. The van der Waals surface area contributed by atoms with Crippen LogP contribution in [0.3, 0.4) is 0 Å². The monoisotopic (exact) mass is 416 g/mol. The lowest BCUT2D eigenvalue weighted by molar-refractivity contribution is -0.134. The van der Waals surface area contributed by atoms with Crippen LogP contribution >= 0.6 is 0 Å². The number of aryl methyl sites for hydroxylation is 2. The summed E-state index contributed by atoms with van der Waals surface area (Å²) < 4.78 is 7.02. The summed E-state index contributed by atoms with van der Waals surface area (Å²) in [7, 11) is 0. The maximum Gasteiger partial charge on any atom is 0.244 e. The van der Waals surface area contributed by atoms with E-state index in [-0.39, 0.29) is 24.4 Å². The van der Waals surface area contributed by atoms with Crippen LogP contribution in [-0.4, -0.2) is 67.2 Å². The summed E-state index contributed by atoms with van der Waals surface area (Å²) in [4.78, 5) is 33.0. The molecule has 1 fully saturated rings. The molecule has 3 heterocycles. The summed E-state index contributed by atoms with van der Waals surface area (Å²) in [6.07, 6.45) is 2.06. The van der Waals surface area contributed by atoms with Crippen LogP contribution in [-0.2, 0) is 29.0 Å². The quantitative estimate of drug-likeness (QED) is 0.651. The molecule has 0 radical (unpaired) electrons. The van der Waals surface area contributed by atoms with E-state index in [1.54, 1.807) is 11.6 Å². The van der Waals surface area contributed by atoms with Gasteiger partial charge in [0.25, 0.3) is 0 Å². The molecule has 1 aliphatic heterocycles. The topological polar surface area (TPSA) is 97.4 Å². The van der Waals surface area contributed by atoms with E-state index in [0.717, 1.165) is 24.2 Å². The third kappa shape index (κ3) is 5.46. The van der Waals surface area contributed by atoms with Gasteiger partial charge in [-0.2, -0.15) is 10.1 Å². The highest BCUT2D eigenvalue weighted by Gasteiger charge is 2.32. The van der Waals surface area contributed by atoms with Gasteiger partial charge in [0.05, 0.1) is 11.7 Å². The molecular weight excluding hydrogens is 384 g/mol. The van der Waals surface area contributed by atoms with Crippen molar-refractivity contribution in [3.63, 3.8) is 0 Å². The zero-order chi connectivity index (χ0) is 21.8. The number of rotatable bonds is 8. The number of hydrogen-bond donors (Lipinski definition) is 0. The molecule has 0 saturated carbocycles. The SMILES string of the molecule is CC(=O)N(CCc1noc(CC(C)C)n1)C1CCN(C(=O)Cn2nc(C)cc2C)C1. The van der Waals surface area contributed by atoms with Crippen molar-refractivity contribution in [2.45, 2.75) is 66.5 Å². The Labute approximate surface area is 177 Å². The van der Waals surface area contributed by atoms with E-state index in [2.05, 4.69) is 29.1 Å². The zero-order valence-corrected chi connectivity index (χ0v) is 18.6. The number of carbonyl (C=O) groups excluding carboxylic acids is 2. The minimum Gasteiger partial charge on any atom is -0.339 e. The van der Waals surface area contributed by atoms with Gasteiger partial charge in [0, 0.05) is 45.1 Å². The zero-order valence-electron chi connectivity index (χ0n) is 18.6. The molecule has 9 heteroatoms. The molecule has 0 bridgehead atoms. The fraction of sp³-hybridized carbons (Fsp3) is 0.667. The summed E-state index contributed by atoms with van der Waals surface area (Å²) in [5.41, 5.74) is 1.87. The molecule has 0 spiro atoms. The molecule has 30 heavy (non-hydrogen) atoms. The van der Waals surface area contributed by atoms with E-state index >= 15 is 0 Å². The summed E-state index contributed by atoms with van der Waals surface area (Å²) in [6.45, 7) is 11.6. The Hall–Kier alpha value is -2.71. The van der Waals surface area contributed by atoms with Crippen LogP contribution in [0.1, 0.15) is 50.3 Å². The van der Waals surface area contributed by atoms with E-state index in [1.165, 1.54) is 0 Å². The van der Waals surface area contributed by atoms with Crippen molar-refractivity contribution in [2.75, 3.05) is 19.6 Å². The Morgan fingerprint density at radius 3 is 2.73 bits per heavy atom. The van der Waals surface area contributed by atoms with Gasteiger partial charge in [-0.15, -0.1) is 0 Å². The standard InChI is InChI=1S/C21H32N6O3/c1-14(2)10-20-22-19(24-30-20)7-9-26(17(5)28)18-6-8-25(12-18)21(29)13-27-16(4)11-15(3)23-27/h11,14,18H,6-10,12-13H2,1-5H3. The first-order valence-corrected chi connectivity index (χ1v) is 10.6. The van der Waals surface area contributed by atoms with Crippen LogP contribution in [0.15, 0.2) is 10.6 Å². The normalized spacial score (nSPS) is 16.5. The number of likely N-dealkylation sites (tertiary alicyclic amines) is 1. The number of aromatic nitrogens is 4. The smallest absolute Gasteiger partial charge is 0.244 e. The molecule has 9 nitrogen and oxygen atoms in total. The molecule has 0 N–H and O–H groups in total. The molecule has 1 aliphatic rings. The highest BCUT2D eigenvalue weighted by atomic mass is 16.5. The Morgan fingerprint density at radius 2 is 2.10 bits per heavy atom. The van der Waals surface area contributed by atoms with Crippen molar-refractivity contribution in [3.8, 4) is 0 Å². The van der Waals surface area contributed by atoms with Crippen LogP contribution in [0.25, 0.3) is 0 Å². The van der Waals surface area contributed by atoms with Crippen molar-refractivity contribution >= 4 is 11.8 Å². The molecule has 0 aliphatic carbocycles. The highest BCUT2D eigenvalue weighted by molar-refractivity contribution is 5.77. The van der Waals surface area contributed by atoms with Gasteiger partial charge < -0.3 is 14.3 Å². The second-order valence-electron chi connectivity index (χ2n) is 8.53. The van der Waals surface area contributed by atoms with Gasteiger partial charge in [-0.3, -0.25) is 14.3 Å². The first kappa shape index (κ1) is 22.0. The van der Waals surface area contributed by atoms with E-state index in [0.29, 0.717) is 43.7 Å². The lowest BCUT2D eigenvalue weighted by Crippen LogP contribution is -2.43. The van der Waals surface area contributed by atoms with Gasteiger partial charge in [0.2, 0.25) is 17.7 Å². The molecule has 1 unspecified atom stereocenters. The van der Waals surface area contributed by atoms with Gasteiger partial charge >= 0.3 is 0 Å². The summed E-state index contributed by atoms with van der Waals surface area (Å²) >= 11 is 0. The number of carbonyl (C=O) groups is 2. The predicted molar refractivity (Wildman–Crippen MR) is 111 cm³/mol. The van der Waals surface area contributed by atoms with E-state index in [1.807, 2.05) is 29.7 Å². The molecule has 164 valence electrons. The maximum atomic E-state index is 12.7. The van der Waals surface area contributed by atoms with Crippen molar-refractivity contribution in [3.05, 3.63) is 29.2 Å². The van der Waals surface area contributed by atoms with E-state index < -0.39 is 0 Å². The van der Waals surface area contributed by atoms with Crippen LogP contribution in [0.5, 0.6) is 0 Å². The van der Waals surface area contributed by atoms with Crippen LogP contribution in [0.2, 0.25) is 0 Å². The highest BCUT2D eigenvalue weighted by Crippen LogP contribution is 2.18. The van der Waals surface area contributed by atoms with Gasteiger partial charge in [-0.25, -0.2) is 0 Å². The lowest BCUT2D eigenvalue weighted by Gasteiger charge is -2.27. The average molecular weight is 417 g/mol. The van der Waals surface area contributed by atoms with Crippen molar-refractivity contribution < 1.29 is 14.1 Å². The van der Waals surface area contributed by atoms with Gasteiger partial charge in [0.1, 0.15) is 6.54 Å². The first-order chi connectivity index (χ1) is 14.2. The van der Waals surface area contributed by atoms with Crippen LogP contribution in [0.4, 0.5) is 0 Å². The second kappa shape index (κ2) is 9.40. The van der Waals surface area contributed by atoms with Gasteiger partial charge in [-0.1, -0.05) is 19.0 Å². The Morgan fingerprint density at radius 1 is 1.33 bits per heavy atom. The largest absolute Gasteiger partial charge is 0.339 e. The third-order valence-corrected chi connectivity index (χ3v) is 5.42. The number of hydrogen-bond acceptors (Lipinski definition) is 6. The van der Waals surface area contributed by atoms with Crippen LogP contribution in [0, 0.1) is 19.8 Å². The summed E-state index contributed by atoms with van der Waals surface area (Å²) in [6, 6.07) is 1.97. The fourth-order valence-corrected chi connectivity index (χ4v) is 3.93. The Bertz CT molecular complexity index is 887.